The number of pyridine rings is 1. The Hall–Kier alpha value is -0.450. The van der Waals surface area contributed by atoms with E-state index < -0.39 is 0 Å². The van der Waals surface area contributed by atoms with Crippen molar-refractivity contribution in [3.8, 4) is 0 Å². The zero-order chi connectivity index (χ0) is 10.8. The highest BCUT2D eigenvalue weighted by molar-refractivity contribution is 9.10. The highest BCUT2D eigenvalue weighted by atomic mass is 79.9. The van der Waals surface area contributed by atoms with E-state index in [1.165, 1.54) is 0 Å². The molecule has 0 unspecified atom stereocenters. The maximum Gasteiger partial charge on any atom is 0.115 e. The minimum Gasteiger partial charge on any atom is -0.468 e. The number of furan rings is 1. The first-order valence-electron chi connectivity index (χ1n) is 4.20. The summed E-state index contributed by atoms with van der Waals surface area (Å²) in [5.74, 6) is 0.892. The van der Waals surface area contributed by atoms with E-state index in [-0.39, 0.29) is 0 Å². The van der Waals surface area contributed by atoms with Gasteiger partial charge in [0.1, 0.15) is 10.8 Å². The predicted octanol–water partition coefficient (Wildman–Crippen LogP) is 4.55. The van der Waals surface area contributed by atoms with Gasteiger partial charge in [-0.05, 0) is 35.0 Å². The van der Waals surface area contributed by atoms with Crippen molar-refractivity contribution in [2.24, 2.45) is 0 Å². The number of hydrogen-bond acceptors (Lipinski definition) is 3. The van der Waals surface area contributed by atoms with Crippen LogP contribution in [0.15, 0.2) is 43.4 Å². The lowest BCUT2D eigenvalue weighted by molar-refractivity contribution is 0.527. The van der Waals surface area contributed by atoms with Crippen molar-refractivity contribution in [2.45, 2.75) is 16.8 Å². The van der Waals surface area contributed by atoms with Crippen LogP contribution in [0.3, 0.4) is 0 Å². The molecule has 0 saturated heterocycles. The van der Waals surface area contributed by atoms with Crippen LogP contribution < -0.4 is 0 Å². The monoisotopic (exact) mass is 303 g/mol. The van der Waals surface area contributed by atoms with Crippen molar-refractivity contribution in [1.82, 2.24) is 4.98 Å². The zero-order valence-corrected chi connectivity index (χ0v) is 11.0. The van der Waals surface area contributed by atoms with Gasteiger partial charge in [0.25, 0.3) is 0 Å². The highest BCUT2D eigenvalue weighted by Crippen LogP contribution is 2.34. The summed E-state index contributed by atoms with van der Waals surface area (Å²) in [5, 5.41) is 1.50. The molecule has 0 atom stereocenters. The summed E-state index contributed by atoms with van der Waals surface area (Å²) in [5.41, 5.74) is 0. The zero-order valence-electron chi connectivity index (χ0n) is 7.83. The van der Waals surface area contributed by atoms with Gasteiger partial charge in [-0.2, -0.15) is 0 Å². The second-order valence-corrected chi connectivity index (χ2v) is 5.21. The average Bonchev–Trinajstić information content (AvgIpc) is 2.57. The van der Waals surface area contributed by atoms with Gasteiger partial charge < -0.3 is 4.42 Å². The molecule has 78 valence electrons. The Labute approximate surface area is 105 Å². The van der Waals surface area contributed by atoms with Crippen molar-refractivity contribution >= 4 is 39.3 Å². The van der Waals surface area contributed by atoms with Gasteiger partial charge in [-0.15, -0.1) is 0 Å². The van der Waals surface area contributed by atoms with Gasteiger partial charge in [0, 0.05) is 6.20 Å². The molecule has 0 aliphatic heterocycles. The lowest BCUT2D eigenvalue weighted by Gasteiger charge is -2.02. The third-order valence-electron chi connectivity index (χ3n) is 1.79. The largest absolute Gasteiger partial charge is 0.468 e. The Bertz CT molecular complexity index is 486. The molecule has 0 saturated carbocycles. The number of rotatable bonds is 2. The smallest absolute Gasteiger partial charge is 0.115 e. The van der Waals surface area contributed by atoms with Gasteiger partial charge in [-0.1, -0.05) is 23.4 Å². The minimum atomic E-state index is 0.621. The quantitative estimate of drug-likeness (QED) is 0.814. The molecule has 0 aliphatic rings. The predicted molar refractivity (Wildman–Crippen MR) is 64.5 cm³/mol. The fraction of sp³-hybridized carbons (Fsp3) is 0.100. The summed E-state index contributed by atoms with van der Waals surface area (Å²) in [4.78, 5) is 5.30. The second-order valence-electron chi connectivity index (χ2n) is 2.88. The summed E-state index contributed by atoms with van der Waals surface area (Å²) >= 11 is 10.8. The normalized spacial score (nSPS) is 10.6. The molecule has 2 heterocycles. The van der Waals surface area contributed by atoms with E-state index in [1.807, 2.05) is 19.1 Å². The van der Waals surface area contributed by atoms with Crippen LogP contribution in [-0.2, 0) is 0 Å². The molecule has 0 radical (unpaired) electrons. The van der Waals surface area contributed by atoms with Gasteiger partial charge in [0.15, 0.2) is 0 Å². The fourth-order valence-corrected chi connectivity index (χ4v) is 2.73. The Morgan fingerprint density at radius 3 is 2.93 bits per heavy atom. The SMILES string of the molecule is Cc1occc1Sc1ncc(Cl)cc1Br. The molecule has 5 heteroatoms. The summed E-state index contributed by atoms with van der Waals surface area (Å²) in [6.07, 6.45) is 3.30. The van der Waals surface area contributed by atoms with Crippen molar-refractivity contribution < 1.29 is 4.42 Å². The first kappa shape index (κ1) is 11.0. The molecule has 2 rings (SSSR count). The van der Waals surface area contributed by atoms with E-state index in [9.17, 15) is 0 Å². The van der Waals surface area contributed by atoms with Gasteiger partial charge in [0.2, 0.25) is 0 Å². The van der Waals surface area contributed by atoms with Gasteiger partial charge in [-0.25, -0.2) is 4.98 Å². The molecule has 0 spiro atoms. The molecule has 0 aliphatic carbocycles. The van der Waals surface area contributed by atoms with Crippen LogP contribution in [0.1, 0.15) is 5.76 Å². The van der Waals surface area contributed by atoms with Crippen LogP contribution in [0, 0.1) is 6.92 Å². The van der Waals surface area contributed by atoms with Crippen molar-refractivity contribution in [3.05, 3.63) is 39.8 Å². The first-order valence-corrected chi connectivity index (χ1v) is 6.18. The highest BCUT2D eigenvalue weighted by Gasteiger charge is 2.08. The van der Waals surface area contributed by atoms with E-state index in [0.29, 0.717) is 5.02 Å². The first-order chi connectivity index (χ1) is 7.16. The van der Waals surface area contributed by atoms with E-state index in [0.717, 1.165) is 20.2 Å². The Morgan fingerprint density at radius 1 is 1.53 bits per heavy atom. The number of halogens is 2. The standard InChI is InChI=1S/C10H7BrClNOS/c1-6-9(2-3-14-6)15-10-8(11)4-7(12)5-13-10/h2-5H,1H3. The lowest BCUT2D eigenvalue weighted by atomic mass is 10.5. The van der Waals surface area contributed by atoms with Crippen LogP contribution in [0.5, 0.6) is 0 Å². The van der Waals surface area contributed by atoms with Crippen molar-refractivity contribution in [3.63, 3.8) is 0 Å². The Kier molecular flexibility index (Phi) is 3.38. The van der Waals surface area contributed by atoms with Gasteiger partial charge in [0.05, 0.1) is 20.7 Å². The fourth-order valence-electron chi connectivity index (χ4n) is 1.06. The molecule has 2 aromatic heterocycles. The van der Waals surface area contributed by atoms with Crippen molar-refractivity contribution in [1.29, 1.82) is 0 Å². The minimum absolute atomic E-state index is 0.621. The van der Waals surface area contributed by atoms with Crippen molar-refractivity contribution in [2.75, 3.05) is 0 Å². The molecule has 0 N–H and O–H groups in total. The third kappa shape index (κ3) is 2.56. The van der Waals surface area contributed by atoms with Crippen LogP contribution in [0.4, 0.5) is 0 Å². The van der Waals surface area contributed by atoms with E-state index in [1.54, 1.807) is 24.2 Å². The van der Waals surface area contributed by atoms with E-state index in [4.69, 9.17) is 16.0 Å². The molecule has 0 fully saturated rings. The molecule has 0 amide bonds. The molecule has 0 aromatic carbocycles. The molecular weight excluding hydrogens is 298 g/mol. The Morgan fingerprint density at radius 2 is 2.33 bits per heavy atom. The van der Waals surface area contributed by atoms with Crippen LogP contribution in [0.25, 0.3) is 0 Å². The van der Waals surface area contributed by atoms with E-state index >= 15 is 0 Å². The number of aryl methyl sites for hydroxylation is 1. The molecule has 0 bridgehead atoms. The lowest BCUT2D eigenvalue weighted by Crippen LogP contribution is -1.81. The second kappa shape index (κ2) is 4.60. The summed E-state index contributed by atoms with van der Waals surface area (Å²) in [6.45, 7) is 1.92. The van der Waals surface area contributed by atoms with Crippen LogP contribution in [-0.4, -0.2) is 4.98 Å². The topological polar surface area (TPSA) is 26.0 Å². The van der Waals surface area contributed by atoms with Crippen LogP contribution >= 0.6 is 39.3 Å². The number of hydrogen-bond donors (Lipinski definition) is 0. The average molecular weight is 305 g/mol. The molecule has 2 nitrogen and oxygen atoms in total. The number of aromatic nitrogens is 1. The molecule has 2 aromatic rings. The summed E-state index contributed by atoms with van der Waals surface area (Å²) < 4.78 is 6.10. The number of nitrogens with zero attached hydrogens (tertiary/aromatic N) is 1. The van der Waals surface area contributed by atoms with Gasteiger partial charge >= 0.3 is 0 Å². The summed E-state index contributed by atoms with van der Waals surface area (Å²) in [7, 11) is 0. The van der Waals surface area contributed by atoms with Crippen LogP contribution in [0.2, 0.25) is 5.02 Å². The van der Waals surface area contributed by atoms with Gasteiger partial charge in [-0.3, -0.25) is 0 Å². The third-order valence-corrected chi connectivity index (χ3v) is 4.03. The summed E-state index contributed by atoms with van der Waals surface area (Å²) in [6, 6.07) is 3.75. The Balaban J connectivity index is 2.29. The van der Waals surface area contributed by atoms with E-state index in [2.05, 4.69) is 20.9 Å². The molecule has 15 heavy (non-hydrogen) atoms. The maximum atomic E-state index is 5.81. The maximum absolute atomic E-state index is 5.81. The molecular formula is C10H7BrClNOS.